The van der Waals surface area contributed by atoms with Crippen molar-refractivity contribution in [3.63, 3.8) is 0 Å². The minimum absolute atomic E-state index is 0.0244. The van der Waals surface area contributed by atoms with E-state index in [1.54, 1.807) is 30.3 Å². The molecule has 2 bridgehead atoms. The van der Waals surface area contributed by atoms with E-state index in [4.69, 9.17) is 5.73 Å². The maximum absolute atomic E-state index is 12.9. The molecule has 22 heavy (non-hydrogen) atoms. The van der Waals surface area contributed by atoms with Gasteiger partial charge in [0.2, 0.25) is 17.7 Å². The van der Waals surface area contributed by atoms with E-state index in [-0.39, 0.29) is 17.7 Å². The number of hydrogen-bond acceptors (Lipinski definition) is 3. The van der Waals surface area contributed by atoms with E-state index in [1.807, 2.05) is 12.1 Å². The van der Waals surface area contributed by atoms with Crippen LogP contribution in [0.2, 0.25) is 0 Å². The first-order valence-electron chi connectivity index (χ1n) is 7.48. The van der Waals surface area contributed by atoms with Gasteiger partial charge in [0.1, 0.15) is 0 Å². The van der Waals surface area contributed by atoms with Gasteiger partial charge in [-0.25, -0.2) is 4.90 Å². The molecule has 2 fully saturated rings. The van der Waals surface area contributed by atoms with Gasteiger partial charge in [0.05, 0.1) is 22.9 Å². The van der Waals surface area contributed by atoms with Gasteiger partial charge in [0.25, 0.3) is 0 Å². The summed E-state index contributed by atoms with van der Waals surface area (Å²) < 4.78 is 0. The normalized spacial score (nSPS) is 35.8. The predicted molar refractivity (Wildman–Crippen MR) is 79.4 cm³/mol. The van der Waals surface area contributed by atoms with Gasteiger partial charge in [-0.3, -0.25) is 14.4 Å². The zero-order chi connectivity index (χ0) is 15.5. The molecule has 112 valence electrons. The van der Waals surface area contributed by atoms with Crippen LogP contribution in [0.15, 0.2) is 42.5 Å². The monoisotopic (exact) mass is 296 g/mol. The van der Waals surface area contributed by atoms with Crippen molar-refractivity contribution < 1.29 is 14.4 Å². The lowest BCUT2D eigenvalue weighted by Gasteiger charge is -2.45. The van der Waals surface area contributed by atoms with Crippen molar-refractivity contribution in [1.82, 2.24) is 0 Å². The number of benzene rings is 1. The van der Waals surface area contributed by atoms with E-state index >= 15 is 0 Å². The molecule has 4 atom stereocenters. The molecule has 0 spiro atoms. The number of fused-ring (bicyclic) bond motifs is 1. The molecule has 1 aromatic carbocycles. The van der Waals surface area contributed by atoms with Gasteiger partial charge in [0.15, 0.2) is 0 Å². The molecule has 5 nitrogen and oxygen atoms in total. The molecule has 3 aliphatic carbocycles. The highest BCUT2D eigenvalue weighted by Crippen LogP contribution is 2.56. The zero-order valence-corrected chi connectivity index (χ0v) is 11.9. The number of amides is 3. The topological polar surface area (TPSA) is 80.5 Å². The van der Waals surface area contributed by atoms with Crippen LogP contribution < -0.4 is 10.6 Å². The van der Waals surface area contributed by atoms with Gasteiger partial charge >= 0.3 is 0 Å². The quantitative estimate of drug-likeness (QED) is 0.658. The summed E-state index contributed by atoms with van der Waals surface area (Å²) in [6.45, 7) is 0. The van der Waals surface area contributed by atoms with E-state index in [2.05, 4.69) is 0 Å². The number of rotatable bonds is 2. The Morgan fingerprint density at radius 2 is 1.91 bits per heavy atom. The van der Waals surface area contributed by atoms with Crippen molar-refractivity contribution in [2.24, 2.45) is 28.9 Å². The first-order chi connectivity index (χ1) is 10.6. The number of imide groups is 1. The van der Waals surface area contributed by atoms with Crippen molar-refractivity contribution in [2.75, 3.05) is 4.90 Å². The van der Waals surface area contributed by atoms with Crippen LogP contribution in [-0.4, -0.2) is 17.7 Å². The Hall–Kier alpha value is -2.43. The standard InChI is InChI=1S/C17H16N2O3/c18-16(22)17-8-6-10(7-9-17)12-13(17)15(21)19(14(12)20)11-4-2-1-3-5-11/h1-6,8,10,12-13H,7,9H2,(H2,18,22)/t10-,12-,13-,17+/m0/s1. The Kier molecular flexibility index (Phi) is 2.58. The minimum Gasteiger partial charge on any atom is -0.369 e. The second-order valence-electron chi connectivity index (χ2n) is 6.32. The number of allylic oxidation sites excluding steroid dienone is 1. The predicted octanol–water partition coefficient (Wildman–Crippen LogP) is 1.24. The molecule has 1 aromatic rings. The number of para-hydroxylation sites is 1. The van der Waals surface area contributed by atoms with Crippen LogP contribution >= 0.6 is 0 Å². The molecule has 1 saturated carbocycles. The second kappa shape index (κ2) is 4.29. The van der Waals surface area contributed by atoms with Gasteiger partial charge in [-0.2, -0.15) is 0 Å². The summed E-state index contributed by atoms with van der Waals surface area (Å²) in [5.41, 5.74) is 5.17. The lowest BCUT2D eigenvalue weighted by molar-refractivity contribution is -0.141. The number of hydrogen-bond donors (Lipinski definition) is 1. The van der Waals surface area contributed by atoms with Gasteiger partial charge < -0.3 is 5.73 Å². The average Bonchev–Trinajstić information content (AvgIpc) is 2.83. The highest BCUT2D eigenvalue weighted by atomic mass is 16.2. The fourth-order valence-electron chi connectivity index (χ4n) is 4.29. The van der Waals surface area contributed by atoms with Crippen molar-refractivity contribution >= 4 is 23.4 Å². The zero-order valence-electron chi connectivity index (χ0n) is 11.9. The maximum Gasteiger partial charge on any atom is 0.239 e. The smallest absolute Gasteiger partial charge is 0.239 e. The number of nitrogens with zero attached hydrogens (tertiary/aromatic N) is 1. The maximum atomic E-state index is 12.9. The Bertz CT molecular complexity index is 712. The average molecular weight is 296 g/mol. The molecular weight excluding hydrogens is 280 g/mol. The van der Waals surface area contributed by atoms with Crippen LogP contribution in [0.5, 0.6) is 0 Å². The Labute approximate surface area is 127 Å². The summed E-state index contributed by atoms with van der Waals surface area (Å²) in [6.07, 6.45) is 4.94. The first kappa shape index (κ1) is 13.2. The molecule has 1 heterocycles. The van der Waals surface area contributed by atoms with E-state index < -0.39 is 23.2 Å². The molecule has 0 unspecified atom stereocenters. The van der Waals surface area contributed by atoms with Crippen LogP contribution in [0.25, 0.3) is 0 Å². The van der Waals surface area contributed by atoms with E-state index in [0.717, 1.165) is 6.42 Å². The van der Waals surface area contributed by atoms with Crippen LogP contribution in [0, 0.1) is 23.2 Å². The third-order valence-corrected chi connectivity index (χ3v) is 5.37. The first-order valence-corrected chi connectivity index (χ1v) is 7.48. The fourth-order valence-corrected chi connectivity index (χ4v) is 4.29. The lowest BCUT2D eigenvalue weighted by atomic mass is 9.54. The molecule has 1 saturated heterocycles. The van der Waals surface area contributed by atoms with E-state index in [9.17, 15) is 14.4 Å². The summed E-state index contributed by atoms with van der Waals surface area (Å²) in [5, 5.41) is 0. The molecular formula is C17H16N2O3. The highest BCUT2D eigenvalue weighted by molar-refractivity contribution is 6.23. The number of carbonyl (C=O) groups is 3. The molecule has 0 radical (unpaired) electrons. The summed E-state index contributed by atoms with van der Waals surface area (Å²) >= 11 is 0. The summed E-state index contributed by atoms with van der Waals surface area (Å²) in [6, 6.07) is 8.87. The summed E-state index contributed by atoms with van der Waals surface area (Å²) in [4.78, 5) is 39.0. The lowest BCUT2D eigenvalue weighted by Crippen LogP contribution is -2.53. The summed E-state index contributed by atoms with van der Waals surface area (Å²) in [5.74, 6) is -2.10. The van der Waals surface area contributed by atoms with Gasteiger partial charge in [-0.05, 0) is 30.9 Å². The molecule has 1 aliphatic heterocycles. The van der Waals surface area contributed by atoms with Gasteiger partial charge in [-0.1, -0.05) is 30.4 Å². The minimum atomic E-state index is -1.00. The van der Waals surface area contributed by atoms with Crippen molar-refractivity contribution in [2.45, 2.75) is 12.8 Å². The van der Waals surface area contributed by atoms with E-state index in [0.29, 0.717) is 12.1 Å². The molecule has 4 aliphatic rings. The van der Waals surface area contributed by atoms with E-state index in [1.165, 1.54) is 4.90 Å². The Balaban J connectivity index is 1.84. The number of primary amides is 1. The van der Waals surface area contributed by atoms with Gasteiger partial charge in [-0.15, -0.1) is 0 Å². The third-order valence-electron chi connectivity index (χ3n) is 5.37. The Morgan fingerprint density at radius 3 is 2.50 bits per heavy atom. The fraction of sp³-hybridized carbons (Fsp3) is 0.353. The van der Waals surface area contributed by atoms with Gasteiger partial charge in [0, 0.05) is 0 Å². The van der Waals surface area contributed by atoms with Crippen LogP contribution in [0.1, 0.15) is 12.8 Å². The molecule has 3 amide bonds. The van der Waals surface area contributed by atoms with Crippen LogP contribution in [0.4, 0.5) is 5.69 Å². The SMILES string of the molecule is NC(=O)[C@]12C=C[C@@H](CC1)[C@@H]1C(=O)N(c3ccccc3)C(=O)[C@H]12. The number of nitrogens with two attached hydrogens (primary N) is 1. The van der Waals surface area contributed by atoms with Crippen LogP contribution in [0.3, 0.4) is 0 Å². The highest BCUT2D eigenvalue weighted by Gasteiger charge is 2.65. The molecule has 5 rings (SSSR count). The third kappa shape index (κ3) is 1.46. The van der Waals surface area contributed by atoms with Crippen molar-refractivity contribution in [3.8, 4) is 0 Å². The Morgan fingerprint density at radius 1 is 1.18 bits per heavy atom. The number of carbonyl (C=O) groups excluding carboxylic acids is 3. The van der Waals surface area contributed by atoms with Crippen LogP contribution in [-0.2, 0) is 14.4 Å². The molecule has 2 N–H and O–H groups in total. The molecule has 0 aromatic heterocycles. The number of anilines is 1. The summed E-state index contributed by atoms with van der Waals surface area (Å²) in [7, 11) is 0. The van der Waals surface area contributed by atoms with Crippen molar-refractivity contribution in [1.29, 1.82) is 0 Å². The van der Waals surface area contributed by atoms with Crippen molar-refractivity contribution in [3.05, 3.63) is 42.5 Å². The second-order valence-corrected chi connectivity index (χ2v) is 6.32. The molecule has 5 heteroatoms. The largest absolute Gasteiger partial charge is 0.369 e.